The van der Waals surface area contributed by atoms with Gasteiger partial charge in [-0.1, -0.05) is 25.1 Å². The van der Waals surface area contributed by atoms with Gasteiger partial charge in [0.1, 0.15) is 0 Å². The lowest BCUT2D eigenvalue weighted by Crippen LogP contribution is -2.46. The molecule has 1 aromatic rings. The number of hydrogen-bond acceptors (Lipinski definition) is 3. The summed E-state index contributed by atoms with van der Waals surface area (Å²) in [6.07, 6.45) is 4.44. The van der Waals surface area contributed by atoms with Crippen molar-refractivity contribution in [2.75, 3.05) is 25.4 Å². The minimum atomic E-state index is 0.270. The second-order valence-electron chi connectivity index (χ2n) is 5.77. The lowest BCUT2D eigenvalue weighted by molar-refractivity contribution is -0.134. The van der Waals surface area contributed by atoms with Gasteiger partial charge in [0.25, 0.3) is 0 Å². The van der Waals surface area contributed by atoms with Crippen LogP contribution in [-0.2, 0) is 11.2 Å². The number of nitrogens with zero attached hydrogens (tertiary/aromatic N) is 1. The first-order chi connectivity index (χ1) is 10.2. The van der Waals surface area contributed by atoms with E-state index in [4.69, 9.17) is 5.73 Å². The van der Waals surface area contributed by atoms with E-state index in [-0.39, 0.29) is 5.91 Å². The summed E-state index contributed by atoms with van der Waals surface area (Å²) in [6.45, 7) is 5.04. The molecule has 4 heteroatoms. The number of para-hydroxylation sites is 1. The number of aryl methyl sites for hydroxylation is 1. The standard InChI is InChI=1S/C17H27N3O/c1-2-13-20(15-9-11-19-12-10-15)17(21)8-7-14-5-3-4-6-16(14)18/h3-6,15,19H,2,7-13,18H2,1H3. The van der Waals surface area contributed by atoms with E-state index in [9.17, 15) is 4.79 Å². The maximum atomic E-state index is 12.6. The van der Waals surface area contributed by atoms with Crippen LogP contribution in [0.5, 0.6) is 0 Å². The molecule has 0 atom stereocenters. The van der Waals surface area contributed by atoms with Crippen molar-refractivity contribution >= 4 is 11.6 Å². The number of benzene rings is 1. The van der Waals surface area contributed by atoms with E-state index in [2.05, 4.69) is 17.1 Å². The minimum Gasteiger partial charge on any atom is -0.399 e. The predicted molar refractivity (Wildman–Crippen MR) is 87.1 cm³/mol. The number of hydrogen-bond donors (Lipinski definition) is 2. The first kappa shape index (κ1) is 15.8. The Morgan fingerprint density at radius 1 is 1.33 bits per heavy atom. The Morgan fingerprint density at radius 3 is 2.71 bits per heavy atom. The summed E-state index contributed by atoms with van der Waals surface area (Å²) < 4.78 is 0. The molecule has 3 N–H and O–H groups in total. The molecule has 0 bridgehead atoms. The van der Waals surface area contributed by atoms with Gasteiger partial charge in [0, 0.05) is 24.7 Å². The fourth-order valence-corrected chi connectivity index (χ4v) is 3.02. The van der Waals surface area contributed by atoms with Gasteiger partial charge >= 0.3 is 0 Å². The van der Waals surface area contributed by atoms with Crippen molar-refractivity contribution in [2.24, 2.45) is 0 Å². The van der Waals surface area contributed by atoms with Crippen LogP contribution >= 0.6 is 0 Å². The van der Waals surface area contributed by atoms with Crippen LogP contribution in [0, 0.1) is 0 Å². The summed E-state index contributed by atoms with van der Waals surface area (Å²) in [5.74, 6) is 0.270. The highest BCUT2D eigenvalue weighted by molar-refractivity contribution is 5.77. The molecule has 1 fully saturated rings. The zero-order valence-corrected chi connectivity index (χ0v) is 13.0. The summed E-state index contributed by atoms with van der Waals surface area (Å²) in [7, 11) is 0. The monoisotopic (exact) mass is 289 g/mol. The molecule has 1 aliphatic heterocycles. The Balaban J connectivity index is 1.93. The number of carbonyl (C=O) groups excluding carboxylic acids is 1. The summed E-state index contributed by atoms with van der Waals surface area (Å²) in [5.41, 5.74) is 7.81. The maximum absolute atomic E-state index is 12.6. The average Bonchev–Trinajstić information content (AvgIpc) is 2.52. The van der Waals surface area contributed by atoms with Crippen molar-refractivity contribution < 1.29 is 4.79 Å². The molecule has 21 heavy (non-hydrogen) atoms. The van der Waals surface area contributed by atoms with E-state index < -0.39 is 0 Å². The molecule has 116 valence electrons. The number of carbonyl (C=O) groups is 1. The third-order valence-corrected chi connectivity index (χ3v) is 4.20. The number of nitrogens with one attached hydrogen (secondary N) is 1. The van der Waals surface area contributed by atoms with Gasteiger partial charge in [-0.15, -0.1) is 0 Å². The lowest BCUT2D eigenvalue weighted by Gasteiger charge is -2.34. The van der Waals surface area contributed by atoms with Crippen LogP contribution < -0.4 is 11.1 Å². The van der Waals surface area contributed by atoms with Gasteiger partial charge in [-0.05, 0) is 50.4 Å². The second-order valence-corrected chi connectivity index (χ2v) is 5.77. The zero-order chi connectivity index (χ0) is 15.1. The zero-order valence-electron chi connectivity index (χ0n) is 13.0. The molecule has 0 unspecified atom stereocenters. The largest absolute Gasteiger partial charge is 0.399 e. The molecular weight excluding hydrogens is 262 g/mol. The summed E-state index contributed by atoms with van der Waals surface area (Å²) >= 11 is 0. The molecule has 4 nitrogen and oxygen atoms in total. The number of nitrogens with two attached hydrogens (primary N) is 1. The van der Waals surface area contributed by atoms with Crippen LogP contribution in [0.3, 0.4) is 0 Å². The third-order valence-electron chi connectivity index (χ3n) is 4.20. The van der Waals surface area contributed by atoms with Crippen LogP contribution in [-0.4, -0.2) is 36.5 Å². The van der Waals surface area contributed by atoms with Gasteiger partial charge in [-0.25, -0.2) is 0 Å². The summed E-state index contributed by atoms with van der Waals surface area (Å²) in [4.78, 5) is 14.7. The van der Waals surface area contributed by atoms with E-state index in [1.54, 1.807) is 0 Å². The van der Waals surface area contributed by atoms with Crippen LogP contribution in [0.25, 0.3) is 0 Å². The number of nitrogen functional groups attached to an aromatic ring is 1. The fraction of sp³-hybridized carbons (Fsp3) is 0.588. The summed E-state index contributed by atoms with van der Waals surface area (Å²) in [6, 6.07) is 8.23. The number of anilines is 1. The van der Waals surface area contributed by atoms with Crippen LogP contribution in [0.4, 0.5) is 5.69 Å². The normalized spacial score (nSPS) is 15.9. The third kappa shape index (κ3) is 4.46. The van der Waals surface area contributed by atoms with Gasteiger partial charge in [0.05, 0.1) is 0 Å². The molecule has 2 rings (SSSR count). The molecule has 1 aromatic carbocycles. The van der Waals surface area contributed by atoms with Gasteiger partial charge < -0.3 is 16.0 Å². The van der Waals surface area contributed by atoms with E-state index >= 15 is 0 Å². The number of rotatable bonds is 6. The molecule has 0 spiro atoms. The van der Waals surface area contributed by atoms with Crippen molar-refractivity contribution in [3.05, 3.63) is 29.8 Å². The minimum absolute atomic E-state index is 0.270. The smallest absolute Gasteiger partial charge is 0.223 e. The molecule has 1 saturated heterocycles. The molecular formula is C17H27N3O. The van der Waals surface area contributed by atoms with Crippen LogP contribution in [0.2, 0.25) is 0 Å². The second kappa shape index (κ2) is 8.03. The van der Waals surface area contributed by atoms with Gasteiger partial charge in [-0.3, -0.25) is 4.79 Å². The quantitative estimate of drug-likeness (QED) is 0.789. The average molecular weight is 289 g/mol. The van der Waals surface area contributed by atoms with E-state index in [0.29, 0.717) is 12.5 Å². The molecule has 0 aromatic heterocycles. The van der Waals surface area contributed by atoms with Crippen molar-refractivity contribution in [2.45, 2.75) is 45.1 Å². The Morgan fingerprint density at radius 2 is 2.05 bits per heavy atom. The van der Waals surface area contributed by atoms with E-state index in [1.165, 1.54) is 0 Å². The number of piperidine rings is 1. The highest BCUT2D eigenvalue weighted by Crippen LogP contribution is 2.17. The Kier molecular flexibility index (Phi) is 6.05. The van der Waals surface area contributed by atoms with Crippen molar-refractivity contribution in [3.8, 4) is 0 Å². The molecule has 1 aliphatic rings. The fourth-order valence-electron chi connectivity index (χ4n) is 3.02. The van der Waals surface area contributed by atoms with Crippen molar-refractivity contribution in [3.63, 3.8) is 0 Å². The van der Waals surface area contributed by atoms with Crippen molar-refractivity contribution in [1.82, 2.24) is 10.2 Å². The molecule has 0 radical (unpaired) electrons. The topological polar surface area (TPSA) is 58.4 Å². The lowest BCUT2D eigenvalue weighted by atomic mass is 10.0. The van der Waals surface area contributed by atoms with Gasteiger partial charge in [0.15, 0.2) is 0 Å². The molecule has 1 heterocycles. The van der Waals surface area contributed by atoms with Crippen LogP contribution in [0.15, 0.2) is 24.3 Å². The SMILES string of the molecule is CCCN(C(=O)CCc1ccccc1N)C1CCNCC1. The summed E-state index contributed by atoms with van der Waals surface area (Å²) in [5, 5.41) is 3.36. The Hall–Kier alpha value is -1.55. The van der Waals surface area contributed by atoms with E-state index in [1.807, 2.05) is 24.3 Å². The van der Waals surface area contributed by atoms with E-state index in [0.717, 1.165) is 56.6 Å². The Bertz CT molecular complexity index is 455. The molecule has 0 aliphatic carbocycles. The van der Waals surface area contributed by atoms with Crippen LogP contribution in [0.1, 0.15) is 38.2 Å². The molecule has 0 saturated carbocycles. The Labute approximate surface area is 127 Å². The van der Waals surface area contributed by atoms with Gasteiger partial charge in [-0.2, -0.15) is 0 Å². The van der Waals surface area contributed by atoms with Gasteiger partial charge in [0.2, 0.25) is 5.91 Å². The number of amides is 1. The first-order valence-electron chi connectivity index (χ1n) is 8.06. The maximum Gasteiger partial charge on any atom is 0.223 e. The van der Waals surface area contributed by atoms with Crippen molar-refractivity contribution in [1.29, 1.82) is 0 Å². The molecule has 1 amide bonds. The predicted octanol–water partition coefficient (Wildman–Crippen LogP) is 2.19. The first-order valence-corrected chi connectivity index (χ1v) is 8.06. The highest BCUT2D eigenvalue weighted by Gasteiger charge is 2.24. The highest BCUT2D eigenvalue weighted by atomic mass is 16.2.